The van der Waals surface area contributed by atoms with E-state index in [0.29, 0.717) is 6.10 Å². The molecule has 0 rings (SSSR count). The van der Waals surface area contributed by atoms with Gasteiger partial charge in [-0.25, -0.2) is 0 Å². The zero-order valence-electron chi connectivity index (χ0n) is 12.4. The van der Waals surface area contributed by atoms with Gasteiger partial charge in [0.15, 0.2) is 0 Å². The number of ether oxygens (including phenoxy) is 1. The van der Waals surface area contributed by atoms with Crippen LogP contribution in [0.3, 0.4) is 0 Å². The Balaban J connectivity index is 2.94. The largest absolute Gasteiger partial charge is 0.379 e. The molecule has 0 aliphatic heterocycles. The molecule has 17 heavy (non-hydrogen) atoms. The van der Waals surface area contributed by atoms with E-state index in [2.05, 4.69) is 33.0 Å². The number of hydrogen-bond acceptors (Lipinski definition) is 2. The first kappa shape index (κ1) is 16.9. The van der Waals surface area contributed by atoms with Crippen molar-refractivity contribution in [3.8, 4) is 0 Å². The summed E-state index contributed by atoms with van der Waals surface area (Å²) in [4.78, 5) is 0. The normalized spacial score (nSPS) is 11.6. The molecule has 0 aromatic rings. The molecule has 0 unspecified atom stereocenters. The minimum atomic E-state index is 0.389. The molecule has 0 aliphatic rings. The van der Waals surface area contributed by atoms with Crippen LogP contribution in [0.1, 0.15) is 66.2 Å². The highest BCUT2D eigenvalue weighted by Gasteiger charge is 1.95. The predicted octanol–water partition coefficient (Wildman–Crippen LogP) is 4.00. The average Bonchev–Trinajstić information content (AvgIpc) is 2.25. The third kappa shape index (κ3) is 15.9. The van der Waals surface area contributed by atoms with E-state index in [1.54, 1.807) is 0 Å². The molecule has 0 saturated carbocycles. The fourth-order valence-corrected chi connectivity index (χ4v) is 1.72. The van der Waals surface area contributed by atoms with Gasteiger partial charge in [0, 0.05) is 6.61 Å². The lowest BCUT2D eigenvalue weighted by Crippen LogP contribution is -2.18. The van der Waals surface area contributed by atoms with Crippen LogP contribution in [0.25, 0.3) is 0 Å². The molecular weight excluding hydrogens is 210 g/mol. The summed E-state index contributed by atoms with van der Waals surface area (Å²) in [6, 6.07) is 0. The SMILES string of the molecule is CC(C)CCNCCCCCCCOC(C)C. The fourth-order valence-electron chi connectivity index (χ4n) is 1.72. The van der Waals surface area contributed by atoms with E-state index in [-0.39, 0.29) is 0 Å². The van der Waals surface area contributed by atoms with Crippen LogP contribution in [0.15, 0.2) is 0 Å². The van der Waals surface area contributed by atoms with E-state index >= 15 is 0 Å². The molecule has 0 radical (unpaired) electrons. The van der Waals surface area contributed by atoms with E-state index in [0.717, 1.165) is 12.5 Å². The number of nitrogens with one attached hydrogen (secondary N) is 1. The van der Waals surface area contributed by atoms with Gasteiger partial charge in [0.1, 0.15) is 0 Å². The first-order chi connectivity index (χ1) is 8.13. The molecule has 0 aliphatic carbocycles. The Morgan fingerprint density at radius 1 is 0.824 bits per heavy atom. The van der Waals surface area contributed by atoms with Gasteiger partial charge in [-0.15, -0.1) is 0 Å². The number of hydrogen-bond donors (Lipinski definition) is 1. The van der Waals surface area contributed by atoms with Crippen molar-refractivity contribution in [3.05, 3.63) is 0 Å². The summed E-state index contributed by atoms with van der Waals surface area (Å²) in [7, 11) is 0. The van der Waals surface area contributed by atoms with Crippen LogP contribution in [0, 0.1) is 5.92 Å². The third-order valence-electron chi connectivity index (χ3n) is 2.85. The van der Waals surface area contributed by atoms with Crippen LogP contribution in [0.2, 0.25) is 0 Å². The van der Waals surface area contributed by atoms with Crippen LogP contribution in [0.4, 0.5) is 0 Å². The van der Waals surface area contributed by atoms with Crippen LogP contribution in [-0.2, 0) is 4.74 Å². The molecule has 0 aromatic heterocycles. The Hall–Kier alpha value is -0.0800. The lowest BCUT2D eigenvalue weighted by Gasteiger charge is -2.08. The molecule has 0 amide bonds. The topological polar surface area (TPSA) is 21.3 Å². The third-order valence-corrected chi connectivity index (χ3v) is 2.85. The molecular formula is C15H33NO. The van der Waals surface area contributed by atoms with Gasteiger partial charge in [0.05, 0.1) is 6.10 Å². The summed E-state index contributed by atoms with van der Waals surface area (Å²) in [5, 5.41) is 3.51. The van der Waals surface area contributed by atoms with Crippen LogP contribution < -0.4 is 5.32 Å². The van der Waals surface area contributed by atoms with Crippen molar-refractivity contribution in [1.29, 1.82) is 0 Å². The zero-order valence-corrected chi connectivity index (χ0v) is 12.4. The van der Waals surface area contributed by atoms with Crippen molar-refractivity contribution in [1.82, 2.24) is 5.32 Å². The standard InChI is InChI=1S/C15H33NO/c1-14(2)10-12-16-11-8-6-5-7-9-13-17-15(3)4/h14-16H,5-13H2,1-4H3. The van der Waals surface area contributed by atoms with Crippen LogP contribution in [0.5, 0.6) is 0 Å². The van der Waals surface area contributed by atoms with Crippen molar-refractivity contribution in [2.45, 2.75) is 72.3 Å². The Labute approximate surface area is 109 Å². The highest BCUT2D eigenvalue weighted by Crippen LogP contribution is 2.03. The maximum atomic E-state index is 5.51. The van der Waals surface area contributed by atoms with Gasteiger partial charge in [-0.05, 0) is 52.1 Å². The molecule has 0 aromatic carbocycles. The van der Waals surface area contributed by atoms with Gasteiger partial charge < -0.3 is 10.1 Å². The van der Waals surface area contributed by atoms with Crippen molar-refractivity contribution in [2.75, 3.05) is 19.7 Å². The molecule has 0 heterocycles. The second-order valence-corrected chi connectivity index (χ2v) is 5.62. The smallest absolute Gasteiger partial charge is 0.0518 e. The first-order valence-corrected chi connectivity index (χ1v) is 7.45. The molecule has 2 heteroatoms. The van der Waals surface area contributed by atoms with Gasteiger partial charge in [-0.3, -0.25) is 0 Å². The summed E-state index contributed by atoms with van der Waals surface area (Å²) in [5.74, 6) is 0.823. The Kier molecular flexibility index (Phi) is 12.3. The van der Waals surface area contributed by atoms with Gasteiger partial charge in [-0.1, -0.05) is 33.1 Å². The first-order valence-electron chi connectivity index (χ1n) is 7.45. The summed E-state index contributed by atoms with van der Waals surface area (Å²) >= 11 is 0. The van der Waals surface area contributed by atoms with Crippen molar-refractivity contribution < 1.29 is 4.74 Å². The lowest BCUT2D eigenvalue weighted by atomic mass is 10.1. The quantitative estimate of drug-likeness (QED) is 0.523. The molecule has 0 spiro atoms. The highest BCUT2D eigenvalue weighted by atomic mass is 16.5. The Morgan fingerprint density at radius 3 is 2.12 bits per heavy atom. The molecule has 0 fully saturated rings. The molecule has 0 bridgehead atoms. The fraction of sp³-hybridized carbons (Fsp3) is 1.00. The van der Waals surface area contributed by atoms with Crippen molar-refractivity contribution >= 4 is 0 Å². The monoisotopic (exact) mass is 243 g/mol. The molecule has 2 nitrogen and oxygen atoms in total. The summed E-state index contributed by atoms with van der Waals surface area (Å²) in [6.07, 6.45) is 8.26. The molecule has 0 saturated heterocycles. The van der Waals surface area contributed by atoms with Gasteiger partial charge >= 0.3 is 0 Å². The van der Waals surface area contributed by atoms with Crippen LogP contribution >= 0.6 is 0 Å². The van der Waals surface area contributed by atoms with Crippen molar-refractivity contribution in [3.63, 3.8) is 0 Å². The van der Waals surface area contributed by atoms with E-state index < -0.39 is 0 Å². The van der Waals surface area contributed by atoms with Gasteiger partial charge in [0.2, 0.25) is 0 Å². The van der Waals surface area contributed by atoms with E-state index in [9.17, 15) is 0 Å². The highest BCUT2D eigenvalue weighted by molar-refractivity contribution is 4.52. The summed E-state index contributed by atoms with van der Waals surface area (Å²) < 4.78 is 5.51. The zero-order chi connectivity index (χ0) is 12.9. The molecule has 104 valence electrons. The van der Waals surface area contributed by atoms with Gasteiger partial charge in [0.25, 0.3) is 0 Å². The Bertz CT molecular complexity index is 130. The maximum Gasteiger partial charge on any atom is 0.0518 e. The minimum Gasteiger partial charge on any atom is -0.379 e. The van der Waals surface area contributed by atoms with E-state index in [1.807, 2.05) is 0 Å². The lowest BCUT2D eigenvalue weighted by molar-refractivity contribution is 0.0757. The van der Waals surface area contributed by atoms with Crippen LogP contribution in [-0.4, -0.2) is 25.8 Å². The molecule has 1 N–H and O–H groups in total. The molecule has 0 atom stereocenters. The summed E-state index contributed by atoms with van der Waals surface area (Å²) in [6.45, 7) is 12.1. The second kappa shape index (κ2) is 12.4. The average molecular weight is 243 g/mol. The maximum absolute atomic E-state index is 5.51. The Morgan fingerprint density at radius 2 is 1.47 bits per heavy atom. The minimum absolute atomic E-state index is 0.389. The number of unbranched alkanes of at least 4 members (excludes halogenated alkanes) is 4. The van der Waals surface area contributed by atoms with Gasteiger partial charge in [-0.2, -0.15) is 0 Å². The van der Waals surface area contributed by atoms with Crippen molar-refractivity contribution in [2.24, 2.45) is 5.92 Å². The second-order valence-electron chi connectivity index (χ2n) is 5.62. The van der Waals surface area contributed by atoms with E-state index in [1.165, 1.54) is 51.6 Å². The number of rotatable bonds is 12. The summed E-state index contributed by atoms with van der Waals surface area (Å²) in [5.41, 5.74) is 0. The van der Waals surface area contributed by atoms with E-state index in [4.69, 9.17) is 4.74 Å². The predicted molar refractivity (Wildman–Crippen MR) is 76.5 cm³/mol.